The smallest absolute Gasteiger partial charge is 0.296 e. The Kier molecular flexibility index (Phi) is 5.43. The lowest BCUT2D eigenvalue weighted by atomic mass is 9.90. The quantitative estimate of drug-likeness (QED) is 0.411. The van der Waals surface area contributed by atoms with Crippen molar-refractivity contribution in [2.24, 2.45) is 0 Å². The number of likely N-dealkylation sites (tertiary alicyclic amines) is 1. The molecule has 1 aromatic carbocycles. The van der Waals surface area contributed by atoms with Crippen LogP contribution in [0.2, 0.25) is 18.1 Å². The molecule has 0 N–H and O–H groups in total. The predicted molar refractivity (Wildman–Crippen MR) is 101 cm³/mol. The molecule has 1 aromatic heterocycles. The van der Waals surface area contributed by atoms with Crippen molar-refractivity contribution in [3.63, 3.8) is 0 Å². The molecule has 5 nitrogen and oxygen atoms in total. The molecule has 0 radical (unpaired) electrons. The van der Waals surface area contributed by atoms with E-state index in [1.807, 2.05) is 30.3 Å². The average Bonchev–Trinajstić information content (AvgIpc) is 3.22. The number of carbonyl (C=O) groups is 2. The van der Waals surface area contributed by atoms with Gasteiger partial charge in [0.2, 0.25) is 0 Å². The Bertz CT molecular complexity index is 747. The summed E-state index contributed by atoms with van der Waals surface area (Å²) in [6.07, 6.45) is 0.842. The SMILES string of the molecule is CC[Si](CC)(CC)O[C@H]1C(=O)N(C(=O)c2ccco2)[C@H]1c1ccccc1. The van der Waals surface area contributed by atoms with E-state index in [9.17, 15) is 9.59 Å². The maximum atomic E-state index is 12.9. The molecule has 3 rings (SSSR count). The summed E-state index contributed by atoms with van der Waals surface area (Å²) >= 11 is 0. The minimum atomic E-state index is -1.98. The highest BCUT2D eigenvalue weighted by molar-refractivity contribution is 6.73. The van der Waals surface area contributed by atoms with Crippen molar-refractivity contribution >= 4 is 20.1 Å². The molecule has 2 heterocycles. The van der Waals surface area contributed by atoms with Crippen molar-refractivity contribution in [2.75, 3.05) is 0 Å². The molecule has 2 aromatic rings. The Labute approximate surface area is 155 Å². The summed E-state index contributed by atoms with van der Waals surface area (Å²) in [5.41, 5.74) is 0.906. The number of benzene rings is 1. The van der Waals surface area contributed by atoms with Gasteiger partial charge in [0.1, 0.15) is 0 Å². The molecule has 0 aliphatic carbocycles. The van der Waals surface area contributed by atoms with Crippen LogP contribution < -0.4 is 0 Å². The van der Waals surface area contributed by atoms with Crippen molar-refractivity contribution in [3.8, 4) is 0 Å². The van der Waals surface area contributed by atoms with Crippen molar-refractivity contribution in [2.45, 2.75) is 51.0 Å². The van der Waals surface area contributed by atoms with Gasteiger partial charge in [-0.3, -0.25) is 14.5 Å². The second-order valence-electron chi connectivity index (χ2n) is 6.63. The van der Waals surface area contributed by atoms with E-state index in [1.54, 1.807) is 12.1 Å². The van der Waals surface area contributed by atoms with Gasteiger partial charge >= 0.3 is 0 Å². The van der Waals surface area contributed by atoms with E-state index in [2.05, 4.69) is 20.8 Å². The second-order valence-corrected chi connectivity index (χ2v) is 11.4. The number of β-lactam (4-membered cyclic amide) rings is 1. The van der Waals surface area contributed by atoms with Crippen LogP contribution in [0.1, 0.15) is 42.9 Å². The van der Waals surface area contributed by atoms with E-state index in [1.165, 1.54) is 11.2 Å². The molecule has 1 aliphatic rings. The van der Waals surface area contributed by atoms with Crippen LogP contribution in [-0.2, 0) is 9.22 Å². The van der Waals surface area contributed by atoms with Gasteiger partial charge in [-0.15, -0.1) is 0 Å². The average molecular weight is 372 g/mol. The number of hydrogen-bond acceptors (Lipinski definition) is 4. The molecule has 1 fully saturated rings. The van der Waals surface area contributed by atoms with Crippen molar-refractivity contribution < 1.29 is 18.4 Å². The van der Waals surface area contributed by atoms with Crippen LogP contribution in [0.5, 0.6) is 0 Å². The first-order chi connectivity index (χ1) is 12.6. The van der Waals surface area contributed by atoms with Crippen LogP contribution >= 0.6 is 0 Å². The Balaban J connectivity index is 1.93. The third kappa shape index (κ3) is 3.15. The fourth-order valence-corrected chi connectivity index (χ4v) is 6.33. The van der Waals surface area contributed by atoms with E-state index in [-0.39, 0.29) is 11.7 Å². The van der Waals surface area contributed by atoms with Crippen LogP contribution in [0, 0.1) is 0 Å². The van der Waals surface area contributed by atoms with Gasteiger partial charge in [0, 0.05) is 0 Å². The fraction of sp³-hybridized carbons (Fsp3) is 0.400. The number of hydrogen-bond donors (Lipinski definition) is 0. The van der Waals surface area contributed by atoms with Crippen LogP contribution in [0.4, 0.5) is 0 Å². The molecular formula is C20H25NO4Si. The first-order valence-electron chi connectivity index (χ1n) is 9.20. The summed E-state index contributed by atoms with van der Waals surface area (Å²) in [6, 6.07) is 15.3. The summed E-state index contributed by atoms with van der Waals surface area (Å²) in [6.45, 7) is 6.39. The van der Waals surface area contributed by atoms with Gasteiger partial charge in [0.05, 0.1) is 12.3 Å². The Morgan fingerprint density at radius 1 is 1.08 bits per heavy atom. The Morgan fingerprint density at radius 3 is 2.27 bits per heavy atom. The van der Waals surface area contributed by atoms with Gasteiger partial charge in [-0.1, -0.05) is 51.1 Å². The highest BCUT2D eigenvalue weighted by atomic mass is 28.4. The molecular weight excluding hydrogens is 346 g/mol. The minimum absolute atomic E-state index is 0.169. The second kappa shape index (κ2) is 7.59. The number of rotatable bonds is 7. The van der Waals surface area contributed by atoms with E-state index in [4.69, 9.17) is 8.84 Å². The molecule has 1 aliphatic heterocycles. The molecule has 138 valence electrons. The fourth-order valence-electron chi connectivity index (χ4n) is 3.57. The van der Waals surface area contributed by atoms with Crippen molar-refractivity contribution in [1.82, 2.24) is 4.90 Å². The Hall–Kier alpha value is -2.18. The van der Waals surface area contributed by atoms with Gasteiger partial charge in [-0.05, 0) is 35.8 Å². The monoisotopic (exact) mass is 371 g/mol. The number of furan rings is 1. The number of imide groups is 1. The molecule has 0 spiro atoms. The van der Waals surface area contributed by atoms with Crippen LogP contribution in [0.3, 0.4) is 0 Å². The summed E-state index contributed by atoms with van der Waals surface area (Å²) in [5, 5.41) is 0. The first-order valence-corrected chi connectivity index (χ1v) is 11.7. The number of amides is 2. The van der Waals surface area contributed by atoms with E-state index in [0.29, 0.717) is 0 Å². The van der Waals surface area contributed by atoms with Gasteiger partial charge in [0.25, 0.3) is 11.8 Å². The standard InChI is InChI=1S/C20H25NO4Si/c1-4-26(5-2,6-3)25-18-17(15-11-8-7-9-12-15)21(20(18)23)19(22)16-13-10-14-24-16/h7-14,17-18H,4-6H2,1-3H3/t17-,18+/m0/s1. The zero-order chi connectivity index (χ0) is 18.7. The lowest BCUT2D eigenvalue weighted by Gasteiger charge is -2.48. The minimum Gasteiger partial charge on any atom is -0.459 e. The third-order valence-corrected chi connectivity index (χ3v) is 10.1. The summed E-state index contributed by atoms with van der Waals surface area (Å²) < 4.78 is 11.7. The Morgan fingerprint density at radius 2 is 1.73 bits per heavy atom. The maximum absolute atomic E-state index is 12.9. The lowest BCUT2D eigenvalue weighted by Crippen LogP contribution is -2.64. The van der Waals surface area contributed by atoms with Gasteiger partial charge in [-0.25, -0.2) is 0 Å². The number of nitrogens with zero attached hydrogens (tertiary/aromatic N) is 1. The van der Waals surface area contributed by atoms with E-state index in [0.717, 1.165) is 23.7 Å². The largest absolute Gasteiger partial charge is 0.459 e. The summed E-state index contributed by atoms with van der Waals surface area (Å²) in [5.74, 6) is -0.513. The third-order valence-electron chi connectivity index (χ3n) is 5.45. The zero-order valence-corrected chi connectivity index (χ0v) is 16.5. The molecule has 0 bridgehead atoms. The molecule has 2 amide bonds. The van der Waals surface area contributed by atoms with Crippen LogP contribution in [0.25, 0.3) is 0 Å². The van der Waals surface area contributed by atoms with E-state index >= 15 is 0 Å². The highest BCUT2D eigenvalue weighted by Crippen LogP contribution is 2.41. The van der Waals surface area contributed by atoms with Gasteiger partial charge < -0.3 is 8.84 Å². The lowest BCUT2D eigenvalue weighted by molar-refractivity contribution is -0.159. The van der Waals surface area contributed by atoms with E-state index < -0.39 is 26.4 Å². The van der Waals surface area contributed by atoms with Crippen LogP contribution in [0.15, 0.2) is 53.1 Å². The topological polar surface area (TPSA) is 59.8 Å². The van der Waals surface area contributed by atoms with Crippen LogP contribution in [-0.4, -0.2) is 31.1 Å². The maximum Gasteiger partial charge on any atom is 0.296 e. The first kappa shape index (κ1) is 18.6. The van der Waals surface area contributed by atoms with Gasteiger partial charge in [0.15, 0.2) is 20.2 Å². The van der Waals surface area contributed by atoms with Crippen molar-refractivity contribution in [1.29, 1.82) is 0 Å². The number of carbonyl (C=O) groups excluding carboxylic acids is 2. The van der Waals surface area contributed by atoms with Crippen molar-refractivity contribution in [3.05, 3.63) is 60.1 Å². The molecule has 0 unspecified atom stereocenters. The predicted octanol–water partition coefficient (Wildman–Crippen LogP) is 4.39. The molecule has 0 saturated carbocycles. The zero-order valence-electron chi connectivity index (χ0n) is 15.5. The summed E-state index contributed by atoms with van der Waals surface area (Å²) in [4.78, 5) is 26.9. The summed E-state index contributed by atoms with van der Waals surface area (Å²) in [7, 11) is -1.98. The normalized spacial score (nSPS) is 20.1. The molecule has 1 saturated heterocycles. The molecule has 26 heavy (non-hydrogen) atoms. The van der Waals surface area contributed by atoms with Gasteiger partial charge in [-0.2, -0.15) is 0 Å². The highest BCUT2D eigenvalue weighted by Gasteiger charge is 2.55. The molecule has 6 heteroatoms. The molecule has 2 atom stereocenters.